The van der Waals surface area contributed by atoms with Gasteiger partial charge < -0.3 is 0 Å². The summed E-state index contributed by atoms with van der Waals surface area (Å²) in [4.78, 5) is 0. The molecule has 0 aromatic rings. The number of hydrogen-bond donors (Lipinski definition) is 0. The van der Waals surface area contributed by atoms with Gasteiger partial charge >= 0.3 is 0 Å². The summed E-state index contributed by atoms with van der Waals surface area (Å²) < 4.78 is 0. The molecule has 0 fully saturated rings. The number of rotatable bonds is 0. The first-order valence-electron chi connectivity index (χ1n) is 0. The van der Waals surface area contributed by atoms with Crippen molar-refractivity contribution in [3.8, 4) is 0 Å². The SMILES string of the molecule is [Gd].[Na].[Na].[Na]. The molecule has 0 aliphatic heterocycles. The van der Waals surface area contributed by atoms with Crippen molar-refractivity contribution >= 4 is 88.7 Å². The second-order valence-electron chi connectivity index (χ2n) is 0. The van der Waals surface area contributed by atoms with Crippen LogP contribution < -0.4 is 0 Å². The molecule has 0 spiro atoms. The van der Waals surface area contributed by atoms with E-state index in [4.69, 9.17) is 0 Å². The molecule has 0 amide bonds. The van der Waals surface area contributed by atoms with Crippen molar-refractivity contribution in [2.45, 2.75) is 0 Å². The van der Waals surface area contributed by atoms with Crippen LogP contribution in [0.15, 0.2) is 0 Å². The summed E-state index contributed by atoms with van der Waals surface area (Å²) in [6.45, 7) is 0. The van der Waals surface area contributed by atoms with E-state index in [2.05, 4.69) is 0 Å². The van der Waals surface area contributed by atoms with Crippen molar-refractivity contribution in [2.75, 3.05) is 0 Å². The predicted molar refractivity (Wildman–Crippen MR) is 17.3 cm³/mol. The van der Waals surface area contributed by atoms with Crippen LogP contribution >= 0.6 is 0 Å². The van der Waals surface area contributed by atoms with E-state index in [-0.39, 0.29) is 129 Å². The molecule has 0 saturated carbocycles. The molecular weight excluding hydrogens is 226 g/mol. The molecule has 4 heavy (non-hydrogen) atoms. The fraction of sp³-hybridized carbons (Fsp3) is 0. The molecule has 0 aromatic heterocycles. The van der Waals surface area contributed by atoms with Gasteiger partial charge in [0.15, 0.2) is 0 Å². The average molecular weight is 226 g/mol. The van der Waals surface area contributed by atoms with Crippen LogP contribution in [0.4, 0.5) is 0 Å². The van der Waals surface area contributed by atoms with Gasteiger partial charge in [-0.2, -0.15) is 0 Å². The smallest absolute Gasteiger partial charge is 0 e. The molecule has 0 heterocycles. The summed E-state index contributed by atoms with van der Waals surface area (Å²) in [5.74, 6) is 0. The van der Waals surface area contributed by atoms with Gasteiger partial charge in [-0.3, -0.25) is 0 Å². The zero-order valence-corrected chi connectivity index (χ0v) is 11.6. The maximum atomic E-state index is 0. The molecule has 0 bridgehead atoms. The minimum Gasteiger partial charge on any atom is 0 e. The second kappa shape index (κ2) is 15.7. The molecule has 11 valence electrons. The van der Waals surface area contributed by atoms with Crippen LogP contribution in [-0.4, -0.2) is 88.7 Å². The van der Waals surface area contributed by atoms with Crippen molar-refractivity contribution in [1.82, 2.24) is 0 Å². The van der Waals surface area contributed by atoms with Crippen LogP contribution in [-0.2, 0) is 0 Å². The normalized spacial score (nSPS) is 0. The second-order valence-corrected chi connectivity index (χ2v) is 0. The Morgan fingerprint density at radius 2 is 0.500 bits per heavy atom. The Bertz CT molecular complexity index is 3.25. The molecule has 0 saturated heterocycles. The van der Waals surface area contributed by atoms with Gasteiger partial charge in [-0.25, -0.2) is 0 Å². The van der Waals surface area contributed by atoms with Crippen molar-refractivity contribution < 1.29 is 39.9 Å². The van der Waals surface area contributed by atoms with Crippen LogP contribution in [0.5, 0.6) is 0 Å². The first kappa shape index (κ1) is 23.9. The van der Waals surface area contributed by atoms with Crippen LogP contribution in [0, 0.1) is 39.9 Å². The summed E-state index contributed by atoms with van der Waals surface area (Å²) >= 11 is 0. The number of hydrogen-bond acceptors (Lipinski definition) is 0. The zero-order chi connectivity index (χ0) is 0. The standard InChI is InChI=1S/Gd.3Na. The van der Waals surface area contributed by atoms with E-state index in [1.54, 1.807) is 0 Å². The van der Waals surface area contributed by atoms with Crippen molar-refractivity contribution in [2.24, 2.45) is 0 Å². The average Bonchev–Trinajstić information content (AvgIpc) is 0. The van der Waals surface area contributed by atoms with Crippen LogP contribution in [0.1, 0.15) is 0 Å². The third-order valence-corrected chi connectivity index (χ3v) is 0. The van der Waals surface area contributed by atoms with Crippen LogP contribution in [0.3, 0.4) is 0 Å². The van der Waals surface area contributed by atoms with Crippen molar-refractivity contribution in [3.63, 3.8) is 0 Å². The maximum absolute atomic E-state index is 0. The van der Waals surface area contributed by atoms with Gasteiger partial charge in [0.25, 0.3) is 0 Å². The summed E-state index contributed by atoms with van der Waals surface area (Å²) in [5, 5.41) is 0. The van der Waals surface area contributed by atoms with Crippen molar-refractivity contribution in [1.29, 1.82) is 0 Å². The summed E-state index contributed by atoms with van der Waals surface area (Å²) in [6, 6.07) is 0. The molecular formula is GdNa3. The minimum absolute atomic E-state index is 0. The Morgan fingerprint density at radius 3 is 0.500 bits per heavy atom. The van der Waals surface area contributed by atoms with E-state index in [0.717, 1.165) is 0 Å². The molecule has 0 rings (SSSR count). The fourth-order valence-electron chi connectivity index (χ4n) is 0. The molecule has 4 heteroatoms. The topological polar surface area (TPSA) is 0 Å². The van der Waals surface area contributed by atoms with E-state index in [1.165, 1.54) is 0 Å². The van der Waals surface area contributed by atoms with Crippen LogP contribution in [0.25, 0.3) is 0 Å². The molecule has 3 radical (unpaired) electrons. The maximum Gasteiger partial charge on any atom is 0 e. The molecule has 0 unspecified atom stereocenters. The third-order valence-electron chi connectivity index (χ3n) is 0. The Balaban J connectivity index is 0. The van der Waals surface area contributed by atoms with Gasteiger partial charge in [0.05, 0.1) is 0 Å². The van der Waals surface area contributed by atoms with E-state index in [0.29, 0.717) is 0 Å². The molecule has 0 N–H and O–H groups in total. The van der Waals surface area contributed by atoms with Crippen molar-refractivity contribution in [3.05, 3.63) is 0 Å². The molecule has 0 aromatic carbocycles. The van der Waals surface area contributed by atoms with Gasteiger partial charge in [-0.05, 0) is 0 Å². The quantitative estimate of drug-likeness (QED) is 0.458. The van der Waals surface area contributed by atoms with Gasteiger partial charge in [-0.15, -0.1) is 0 Å². The Hall–Kier alpha value is 4.32. The van der Waals surface area contributed by atoms with E-state index in [1.807, 2.05) is 0 Å². The van der Waals surface area contributed by atoms with Gasteiger partial charge in [0.2, 0.25) is 0 Å². The Kier molecular flexibility index (Phi) is 93.5. The molecule has 0 aliphatic rings. The van der Waals surface area contributed by atoms with Gasteiger partial charge in [-0.1, -0.05) is 0 Å². The van der Waals surface area contributed by atoms with Gasteiger partial charge in [0.1, 0.15) is 0 Å². The van der Waals surface area contributed by atoms with E-state index in [9.17, 15) is 0 Å². The minimum atomic E-state index is 0. The predicted octanol–water partition coefficient (Wildman–Crippen LogP) is -1.14. The summed E-state index contributed by atoms with van der Waals surface area (Å²) in [7, 11) is 0. The van der Waals surface area contributed by atoms with Crippen LogP contribution in [0.2, 0.25) is 0 Å². The monoisotopic (exact) mass is 227 g/mol. The van der Waals surface area contributed by atoms with E-state index >= 15 is 0 Å². The fourth-order valence-corrected chi connectivity index (χ4v) is 0. The molecule has 0 nitrogen and oxygen atoms in total. The Labute approximate surface area is 125 Å². The largest absolute Gasteiger partial charge is 0 e. The first-order chi connectivity index (χ1) is 0. The zero-order valence-electron chi connectivity index (χ0n) is 3.35. The van der Waals surface area contributed by atoms with Gasteiger partial charge in [0, 0.05) is 129 Å². The molecule has 0 aliphatic carbocycles. The summed E-state index contributed by atoms with van der Waals surface area (Å²) in [5.41, 5.74) is 0. The van der Waals surface area contributed by atoms with E-state index < -0.39 is 0 Å². The summed E-state index contributed by atoms with van der Waals surface area (Å²) in [6.07, 6.45) is 0. The Morgan fingerprint density at radius 1 is 0.500 bits per heavy atom. The third kappa shape index (κ3) is 9.59. The first-order valence-corrected chi connectivity index (χ1v) is 0. The molecule has 0 atom stereocenters.